The third kappa shape index (κ3) is 4.07. The Labute approximate surface area is 133 Å². The van der Waals surface area contributed by atoms with Crippen molar-refractivity contribution in [3.05, 3.63) is 30.3 Å². The zero-order valence-electron chi connectivity index (χ0n) is 13.7. The molecule has 2 unspecified atom stereocenters. The third-order valence-electron chi connectivity index (χ3n) is 4.55. The summed E-state index contributed by atoms with van der Waals surface area (Å²) in [7, 11) is 4.15. The number of hydrogen-bond donors (Lipinski definition) is 0. The van der Waals surface area contributed by atoms with Crippen LogP contribution >= 0.6 is 0 Å². The minimum absolute atomic E-state index is 0.0362. The lowest BCUT2D eigenvalue weighted by Gasteiger charge is -2.39. The van der Waals surface area contributed by atoms with Crippen LogP contribution in [0.2, 0.25) is 0 Å². The highest BCUT2D eigenvalue weighted by Gasteiger charge is 2.33. The standard InChI is InChI=1S/C18H27FN2O/c1-20(2)16-11-7-4-8-12-17(16)21(18(22)13-14-19)15-9-5-3-6-10-15/h3,5-6,9-10,16-17H,4,7-8,11-14H2,1-2H3. The van der Waals surface area contributed by atoms with Gasteiger partial charge in [0, 0.05) is 11.7 Å². The Bertz CT molecular complexity index is 463. The van der Waals surface area contributed by atoms with Gasteiger partial charge in [0.15, 0.2) is 0 Å². The van der Waals surface area contributed by atoms with Gasteiger partial charge in [0.25, 0.3) is 0 Å². The maximum Gasteiger partial charge on any atom is 0.229 e. The first-order valence-corrected chi connectivity index (χ1v) is 8.24. The number of rotatable bonds is 5. The number of nitrogens with zero attached hydrogens (tertiary/aromatic N) is 2. The zero-order valence-corrected chi connectivity index (χ0v) is 13.7. The van der Waals surface area contributed by atoms with Gasteiger partial charge in [-0.1, -0.05) is 37.5 Å². The molecule has 0 heterocycles. The largest absolute Gasteiger partial charge is 0.308 e. The van der Waals surface area contributed by atoms with Crippen LogP contribution in [0.3, 0.4) is 0 Å². The normalized spacial score (nSPS) is 22.4. The number of amides is 1. The number of carbonyl (C=O) groups is 1. The quantitative estimate of drug-likeness (QED) is 0.775. The predicted molar refractivity (Wildman–Crippen MR) is 88.9 cm³/mol. The van der Waals surface area contributed by atoms with E-state index in [9.17, 15) is 9.18 Å². The molecule has 0 saturated heterocycles. The second-order valence-corrected chi connectivity index (χ2v) is 6.27. The molecular formula is C18H27FN2O. The molecule has 0 aliphatic heterocycles. The summed E-state index contributed by atoms with van der Waals surface area (Å²) in [5.41, 5.74) is 0.889. The first-order chi connectivity index (χ1) is 10.6. The molecule has 2 rings (SSSR count). The van der Waals surface area contributed by atoms with E-state index in [1.54, 1.807) is 0 Å². The number of para-hydroxylation sites is 1. The summed E-state index contributed by atoms with van der Waals surface area (Å²) in [5, 5.41) is 0. The summed E-state index contributed by atoms with van der Waals surface area (Å²) in [4.78, 5) is 16.7. The molecule has 0 aromatic heterocycles. The molecule has 1 aliphatic rings. The molecule has 2 atom stereocenters. The van der Waals surface area contributed by atoms with Gasteiger partial charge in [0.1, 0.15) is 0 Å². The second kappa shape index (κ2) is 8.28. The van der Waals surface area contributed by atoms with Gasteiger partial charge in [-0.2, -0.15) is 0 Å². The molecule has 22 heavy (non-hydrogen) atoms. The molecule has 1 aliphatic carbocycles. The van der Waals surface area contributed by atoms with E-state index in [1.165, 1.54) is 12.8 Å². The van der Waals surface area contributed by atoms with Gasteiger partial charge in [-0.15, -0.1) is 0 Å². The summed E-state index contributed by atoms with van der Waals surface area (Å²) in [6, 6.07) is 10.2. The van der Waals surface area contributed by atoms with Crippen LogP contribution in [0.4, 0.5) is 10.1 Å². The van der Waals surface area contributed by atoms with E-state index in [0.29, 0.717) is 6.04 Å². The number of carbonyl (C=O) groups excluding carboxylic acids is 1. The van der Waals surface area contributed by atoms with Crippen molar-refractivity contribution < 1.29 is 9.18 Å². The van der Waals surface area contributed by atoms with Crippen molar-refractivity contribution in [2.24, 2.45) is 0 Å². The molecule has 0 bridgehead atoms. The van der Waals surface area contributed by atoms with Crippen molar-refractivity contribution >= 4 is 11.6 Å². The molecule has 1 aromatic carbocycles. The molecule has 4 heteroatoms. The zero-order chi connectivity index (χ0) is 15.9. The fourth-order valence-electron chi connectivity index (χ4n) is 3.48. The van der Waals surface area contributed by atoms with Gasteiger partial charge >= 0.3 is 0 Å². The van der Waals surface area contributed by atoms with Gasteiger partial charge in [-0.3, -0.25) is 9.18 Å². The molecule has 0 spiro atoms. The van der Waals surface area contributed by atoms with Crippen molar-refractivity contribution in [3.63, 3.8) is 0 Å². The highest BCUT2D eigenvalue weighted by molar-refractivity contribution is 5.94. The fourth-order valence-corrected chi connectivity index (χ4v) is 3.48. The second-order valence-electron chi connectivity index (χ2n) is 6.27. The van der Waals surface area contributed by atoms with Crippen molar-refractivity contribution in [2.75, 3.05) is 25.7 Å². The van der Waals surface area contributed by atoms with Gasteiger partial charge in [0.05, 0.1) is 19.1 Å². The summed E-state index contributed by atoms with van der Waals surface area (Å²) < 4.78 is 12.8. The maximum absolute atomic E-state index is 12.8. The van der Waals surface area contributed by atoms with E-state index in [4.69, 9.17) is 0 Å². The number of likely N-dealkylation sites (N-methyl/N-ethyl adjacent to an activating group) is 1. The Balaban J connectivity index is 2.34. The highest BCUT2D eigenvalue weighted by atomic mass is 19.1. The summed E-state index contributed by atoms with van der Waals surface area (Å²) in [6.07, 6.45) is 5.56. The van der Waals surface area contributed by atoms with Crippen LogP contribution < -0.4 is 4.90 Å². The Kier molecular flexibility index (Phi) is 6.37. The van der Waals surface area contributed by atoms with Crippen LogP contribution in [0, 0.1) is 0 Å². The number of hydrogen-bond acceptors (Lipinski definition) is 2. The molecule has 3 nitrogen and oxygen atoms in total. The van der Waals surface area contributed by atoms with Crippen LogP contribution in [0.25, 0.3) is 0 Å². The van der Waals surface area contributed by atoms with Crippen LogP contribution in [0.15, 0.2) is 30.3 Å². The van der Waals surface area contributed by atoms with Crippen molar-refractivity contribution in [3.8, 4) is 0 Å². The Morgan fingerprint density at radius 1 is 1.09 bits per heavy atom. The van der Waals surface area contributed by atoms with Crippen LogP contribution in [-0.4, -0.2) is 43.7 Å². The number of alkyl halides is 1. The van der Waals surface area contributed by atoms with Crippen molar-refractivity contribution in [2.45, 2.75) is 50.6 Å². The lowest BCUT2D eigenvalue weighted by molar-refractivity contribution is -0.119. The van der Waals surface area contributed by atoms with Gasteiger partial charge in [-0.05, 0) is 39.1 Å². The van der Waals surface area contributed by atoms with Crippen molar-refractivity contribution in [1.82, 2.24) is 4.90 Å². The highest BCUT2D eigenvalue weighted by Crippen LogP contribution is 2.29. The van der Waals surface area contributed by atoms with E-state index in [0.717, 1.165) is 24.9 Å². The van der Waals surface area contributed by atoms with Crippen LogP contribution in [-0.2, 0) is 4.79 Å². The predicted octanol–water partition coefficient (Wildman–Crippen LogP) is 3.64. The number of halogens is 1. The average molecular weight is 306 g/mol. The fraction of sp³-hybridized carbons (Fsp3) is 0.611. The Morgan fingerprint density at radius 3 is 2.32 bits per heavy atom. The van der Waals surface area contributed by atoms with E-state index in [2.05, 4.69) is 19.0 Å². The van der Waals surface area contributed by atoms with E-state index < -0.39 is 6.67 Å². The first kappa shape index (κ1) is 16.9. The van der Waals surface area contributed by atoms with Gasteiger partial charge in [0.2, 0.25) is 5.91 Å². The minimum Gasteiger partial charge on any atom is -0.308 e. The van der Waals surface area contributed by atoms with Gasteiger partial charge in [-0.25, -0.2) is 0 Å². The molecule has 1 fully saturated rings. The lowest BCUT2D eigenvalue weighted by atomic mass is 9.98. The molecule has 0 N–H and O–H groups in total. The molecule has 1 saturated carbocycles. The van der Waals surface area contributed by atoms with E-state index in [1.807, 2.05) is 35.2 Å². The van der Waals surface area contributed by atoms with E-state index in [-0.39, 0.29) is 18.4 Å². The van der Waals surface area contributed by atoms with Crippen molar-refractivity contribution in [1.29, 1.82) is 0 Å². The lowest BCUT2D eigenvalue weighted by Crippen LogP contribution is -2.52. The first-order valence-electron chi connectivity index (χ1n) is 8.24. The SMILES string of the molecule is CN(C)C1CCCCCC1N(C(=O)CCF)c1ccccc1. The summed E-state index contributed by atoms with van der Waals surface area (Å²) in [5.74, 6) is -0.104. The molecular weight excluding hydrogens is 279 g/mol. The molecule has 0 radical (unpaired) electrons. The van der Waals surface area contributed by atoms with Gasteiger partial charge < -0.3 is 9.80 Å². The molecule has 1 aromatic rings. The van der Waals surface area contributed by atoms with Crippen LogP contribution in [0.1, 0.15) is 38.5 Å². The summed E-state index contributed by atoms with van der Waals surface area (Å²) >= 11 is 0. The number of benzene rings is 1. The smallest absolute Gasteiger partial charge is 0.229 e. The number of anilines is 1. The molecule has 1 amide bonds. The monoisotopic (exact) mass is 306 g/mol. The maximum atomic E-state index is 12.8. The third-order valence-corrected chi connectivity index (χ3v) is 4.55. The Hall–Kier alpha value is -1.42. The average Bonchev–Trinajstić information content (AvgIpc) is 2.75. The minimum atomic E-state index is -0.596. The topological polar surface area (TPSA) is 23.6 Å². The molecule has 122 valence electrons. The van der Waals surface area contributed by atoms with E-state index >= 15 is 0 Å². The Morgan fingerprint density at radius 2 is 1.73 bits per heavy atom. The van der Waals surface area contributed by atoms with Crippen LogP contribution in [0.5, 0.6) is 0 Å². The summed E-state index contributed by atoms with van der Waals surface area (Å²) in [6.45, 7) is -0.596.